The minimum atomic E-state index is -1.13. The minimum Gasteiger partial charge on any atom is -0.451 e. The Bertz CT molecular complexity index is 912. The van der Waals surface area contributed by atoms with Crippen LogP contribution in [-0.2, 0) is 20.9 Å². The lowest BCUT2D eigenvalue weighted by Crippen LogP contribution is -2.31. The molecule has 11 heteroatoms. The van der Waals surface area contributed by atoms with E-state index in [0.29, 0.717) is 5.02 Å². The number of rotatable bonds is 6. The molecule has 1 aromatic carbocycles. The van der Waals surface area contributed by atoms with E-state index < -0.39 is 22.9 Å². The highest BCUT2D eigenvalue weighted by molar-refractivity contribution is 6.35. The fourth-order valence-corrected chi connectivity index (χ4v) is 2.68. The summed E-state index contributed by atoms with van der Waals surface area (Å²) in [7, 11) is 0. The van der Waals surface area contributed by atoms with Crippen LogP contribution in [0.4, 0.5) is 11.4 Å². The smallest absolute Gasteiger partial charge is 0.328 e. The number of amides is 1. The van der Waals surface area contributed by atoms with E-state index in [1.165, 1.54) is 32.9 Å². The van der Waals surface area contributed by atoms with Crippen molar-refractivity contribution in [3.05, 3.63) is 49.7 Å². The Morgan fingerprint density at radius 2 is 2.04 bits per heavy atom. The van der Waals surface area contributed by atoms with Gasteiger partial charge in [-0.3, -0.25) is 24.4 Å². The number of nitro groups is 1. The predicted molar refractivity (Wildman–Crippen MR) is 99.0 cm³/mol. The number of anilines is 1. The van der Waals surface area contributed by atoms with Crippen LogP contribution in [-0.4, -0.2) is 32.7 Å². The average molecular weight is 415 g/mol. The lowest BCUT2D eigenvalue weighted by atomic mass is 10.3. The van der Waals surface area contributed by atoms with Crippen molar-refractivity contribution in [1.82, 2.24) is 9.78 Å². The van der Waals surface area contributed by atoms with Crippen molar-refractivity contribution in [3.63, 3.8) is 0 Å². The van der Waals surface area contributed by atoms with Crippen LogP contribution < -0.4 is 5.32 Å². The van der Waals surface area contributed by atoms with Crippen molar-refractivity contribution in [2.45, 2.75) is 33.4 Å². The Morgan fingerprint density at radius 1 is 1.37 bits per heavy atom. The third-order valence-electron chi connectivity index (χ3n) is 3.67. The molecule has 27 heavy (non-hydrogen) atoms. The standard InChI is InChI=1S/C16H16Cl2N4O5/c1-8-15(22(25)26)9(2)21(20-8)7-14(23)27-10(3)16(24)19-13-6-11(17)4-5-12(13)18/h4-6,10H,7H2,1-3H3,(H,19,24). The molecule has 1 amide bonds. The zero-order valence-corrected chi connectivity index (χ0v) is 16.2. The van der Waals surface area contributed by atoms with Crippen LogP contribution in [0, 0.1) is 24.0 Å². The molecule has 2 aromatic rings. The molecule has 1 heterocycles. The third kappa shape index (κ3) is 4.95. The summed E-state index contributed by atoms with van der Waals surface area (Å²) in [5, 5.41) is 18.1. The van der Waals surface area contributed by atoms with E-state index >= 15 is 0 Å². The Hall–Kier alpha value is -2.65. The normalized spacial score (nSPS) is 11.7. The summed E-state index contributed by atoms with van der Waals surface area (Å²) in [6.45, 7) is 3.96. The van der Waals surface area contributed by atoms with Crippen LogP contribution in [0.2, 0.25) is 10.0 Å². The van der Waals surface area contributed by atoms with E-state index in [1.54, 1.807) is 6.07 Å². The van der Waals surface area contributed by atoms with E-state index in [2.05, 4.69) is 10.4 Å². The van der Waals surface area contributed by atoms with Crippen molar-refractivity contribution in [1.29, 1.82) is 0 Å². The molecular weight excluding hydrogens is 399 g/mol. The van der Waals surface area contributed by atoms with E-state index in [4.69, 9.17) is 27.9 Å². The van der Waals surface area contributed by atoms with E-state index in [9.17, 15) is 19.7 Å². The Labute approximate surface area is 164 Å². The first-order chi connectivity index (χ1) is 12.6. The lowest BCUT2D eigenvalue weighted by Gasteiger charge is -2.14. The number of esters is 1. The van der Waals surface area contributed by atoms with Gasteiger partial charge in [0.25, 0.3) is 5.91 Å². The third-order valence-corrected chi connectivity index (χ3v) is 4.23. The summed E-state index contributed by atoms with van der Waals surface area (Å²) in [6, 6.07) is 4.55. The van der Waals surface area contributed by atoms with E-state index in [0.717, 1.165) is 4.68 Å². The van der Waals surface area contributed by atoms with Gasteiger partial charge >= 0.3 is 11.7 Å². The first-order valence-corrected chi connectivity index (χ1v) is 8.49. The summed E-state index contributed by atoms with van der Waals surface area (Å²) in [5.41, 5.74) is 0.527. The minimum absolute atomic E-state index is 0.163. The van der Waals surface area contributed by atoms with E-state index in [-0.39, 0.29) is 34.3 Å². The zero-order chi connectivity index (χ0) is 20.3. The first kappa shape index (κ1) is 20.7. The molecule has 0 saturated carbocycles. The van der Waals surface area contributed by atoms with Gasteiger partial charge in [0.2, 0.25) is 0 Å². The SMILES string of the molecule is Cc1nn(CC(=O)OC(C)C(=O)Nc2cc(Cl)ccc2Cl)c(C)c1[N+](=O)[O-]. The quantitative estimate of drug-likeness (QED) is 0.440. The fourth-order valence-electron chi connectivity index (χ4n) is 2.34. The van der Waals surface area contributed by atoms with Gasteiger partial charge in [-0.2, -0.15) is 5.10 Å². The number of carbonyl (C=O) groups is 2. The van der Waals surface area contributed by atoms with Crippen molar-refractivity contribution >= 4 is 46.5 Å². The zero-order valence-electron chi connectivity index (χ0n) is 14.7. The number of benzene rings is 1. The van der Waals surface area contributed by atoms with Crippen molar-refractivity contribution in [2.75, 3.05) is 5.32 Å². The molecule has 0 fully saturated rings. The number of nitrogens with zero attached hydrogens (tertiary/aromatic N) is 3. The highest BCUT2D eigenvalue weighted by Gasteiger charge is 2.25. The van der Waals surface area contributed by atoms with Gasteiger partial charge in [-0.05, 0) is 39.0 Å². The molecule has 0 radical (unpaired) electrons. The summed E-state index contributed by atoms with van der Waals surface area (Å²) in [6.07, 6.45) is -1.13. The van der Waals surface area contributed by atoms with Gasteiger partial charge in [0.15, 0.2) is 6.10 Å². The summed E-state index contributed by atoms with van der Waals surface area (Å²) >= 11 is 11.8. The van der Waals surface area contributed by atoms with Crippen LogP contribution >= 0.6 is 23.2 Å². The van der Waals surface area contributed by atoms with Crippen LogP contribution in [0.5, 0.6) is 0 Å². The molecule has 0 aliphatic heterocycles. The van der Waals surface area contributed by atoms with Crippen LogP contribution in [0.1, 0.15) is 18.3 Å². The second-order valence-corrected chi connectivity index (χ2v) is 6.52. The summed E-state index contributed by atoms with van der Waals surface area (Å²) < 4.78 is 6.23. The summed E-state index contributed by atoms with van der Waals surface area (Å²) in [4.78, 5) is 34.7. The van der Waals surface area contributed by atoms with E-state index in [1.807, 2.05) is 0 Å². The number of hydrogen-bond acceptors (Lipinski definition) is 6. The number of ether oxygens (including phenoxy) is 1. The maximum Gasteiger partial charge on any atom is 0.328 e. The van der Waals surface area contributed by atoms with Crippen LogP contribution in [0.25, 0.3) is 0 Å². The fraction of sp³-hybridized carbons (Fsp3) is 0.312. The van der Waals surface area contributed by atoms with Crippen LogP contribution in [0.3, 0.4) is 0 Å². The number of nitrogens with one attached hydrogen (secondary N) is 1. The second kappa shape index (κ2) is 8.36. The maximum atomic E-state index is 12.2. The Morgan fingerprint density at radius 3 is 2.63 bits per heavy atom. The number of carbonyl (C=O) groups excluding carboxylic acids is 2. The largest absolute Gasteiger partial charge is 0.451 e. The number of hydrogen-bond donors (Lipinski definition) is 1. The highest BCUT2D eigenvalue weighted by atomic mass is 35.5. The highest BCUT2D eigenvalue weighted by Crippen LogP contribution is 2.25. The molecule has 144 valence electrons. The second-order valence-electron chi connectivity index (χ2n) is 5.68. The van der Waals surface area contributed by atoms with Gasteiger partial charge < -0.3 is 10.1 Å². The van der Waals surface area contributed by atoms with Gasteiger partial charge in [-0.15, -0.1) is 0 Å². The average Bonchev–Trinajstić information content (AvgIpc) is 2.84. The molecule has 0 aliphatic carbocycles. The molecule has 0 saturated heterocycles. The van der Waals surface area contributed by atoms with Gasteiger partial charge in [0.05, 0.1) is 15.6 Å². The molecule has 9 nitrogen and oxygen atoms in total. The van der Waals surface area contributed by atoms with Gasteiger partial charge in [0, 0.05) is 5.02 Å². The number of halogens is 2. The predicted octanol–water partition coefficient (Wildman–Crippen LogP) is 3.29. The molecule has 1 N–H and O–H groups in total. The summed E-state index contributed by atoms with van der Waals surface area (Å²) in [5.74, 6) is -1.37. The van der Waals surface area contributed by atoms with Crippen molar-refractivity contribution in [2.24, 2.45) is 0 Å². The van der Waals surface area contributed by atoms with Gasteiger partial charge in [0.1, 0.15) is 17.9 Å². The molecule has 0 bridgehead atoms. The molecule has 2 rings (SSSR count). The van der Waals surface area contributed by atoms with Crippen molar-refractivity contribution < 1.29 is 19.2 Å². The van der Waals surface area contributed by atoms with Crippen LogP contribution in [0.15, 0.2) is 18.2 Å². The monoisotopic (exact) mass is 414 g/mol. The number of aryl methyl sites for hydroxylation is 1. The Kier molecular flexibility index (Phi) is 6.40. The molecule has 0 spiro atoms. The molecular formula is C16H16Cl2N4O5. The molecule has 1 aromatic heterocycles. The van der Waals surface area contributed by atoms with Gasteiger partial charge in [-0.25, -0.2) is 0 Å². The van der Waals surface area contributed by atoms with Crippen molar-refractivity contribution in [3.8, 4) is 0 Å². The molecule has 1 unspecified atom stereocenters. The lowest BCUT2D eigenvalue weighted by molar-refractivity contribution is -0.386. The number of aromatic nitrogens is 2. The van der Waals surface area contributed by atoms with Gasteiger partial charge in [-0.1, -0.05) is 23.2 Å². The molecule has 1 atom stereocenters. The molecule has 0 aliphatic rings. The topological polar surface area (TPSA) is 116 Å². The first-order valence-electron chi connectivity index (χ1n) is 7.74. The Balaban J connectivity index is 2.01. The maximum absolute atomic E-state index is 12.2.